The zero-order chi connectivity index (χ0) is 8.97. The summed E-state index contributed by atoms with van der Waals surface area (Å²) in [5.41, 5.74) is 0.645. The summed E-state index contributed by atoms with van der Waals surface area (Å²) in [5, 5.41) is 16.9. The number of unbranched alkanes of at least 4 members (excludes halogenated alkanes) is 1. The summed E-state index contributed by atoms with van der Waals surface area (Å²) < 4.78 is 1.77. The first-order chi connectivity index (χ1) is 5.74. The van der Waals surface area contributed by atoms with Crippen LogP contribution in [0.3, 0.4) is 0 Å². The molecule has 1 atom stereocenters. The van der Waals surface area contributed by atoms with Gasteiger partial charge in [0, 0.05) is 6.54 Å². The van der Waals surface area contributed by atoms with Crippen LogP contribution in [0.1, 0.15) is 38.5 Å². The highest BCUT2D eigenvalue weighted by Crippen LogP contribution is 2.06. The van der Waals surface area contributed by atoms with Crippen LogP contribution >= 0.6 is 0 Å². The first kappa shape index (κ1) is 9.19. The lowest BCUT2D eigenvalue weighted by Crippen LogP contribution is -1.97. The molecule has 1 unspecified atom stereocenters. The zero-order valence-corrected chi connectivity index (χ0v) is 7.56. The van der Waals surface area contributed by atoms with Crippen LogP contribution in [0.2, 0.25) is 0 Å². The maximum absolute atomic E-state index is 9.15. The second kappa shape index (κ2) is 4.21. The van der Waals surface area contributed by atoms with Crippen LogP contribution in [0.4, 0.5) is 0 Å². The molecule has 0 fully saturated rings. The van der Waals surface area contributed by atoms with E-state index in [1.165, 1.54) is 0 Å². The monoisotopic (exact) mass is 169 g/mol. The van der Waals surface area contributed by atoms with Crippen molar-refractivity contribution >= 4 is 0 Å². The van der Waals surface area contributed by atoms with Gasteiger partial charge in [-0.1, -0.05) is 18.6 Å². The highest BCUT2D eigenvalue weighted by atomic mass is 16.3. The molecule has 1 aromatic rings. The van der Waals surface area contributed by atoms with Crippen LogP contribution in [0.25, 0.3) is 0 Å². The van der Waals surface area contributed by atoms with E-state index in [0.29, 0.717) is 5.69 Å². The summed E-state index contributed by atoms with van der Waals surface area (Å²) in [4.78, 5) is 0. The maximum atomic E-state index is 9.15. The summed E-state index contributed by atoms with van der Waals surface area (Å²) in [7, 11) is 0. The molecular weight excluding hydrogens is 154 g/mol. The predicted octanol–water partition coefficient (Wildman–Crippen LogP) is 1.13. The normalized spacial score (nSPS) is 13.2. The lowest BCUT2D eigenvalue weighted by atomic mass is 10.3. The van der Waals surface area contributed by atoms with Crippen LogP contribution in [-0.4, -0.2) is 20.1 Å². The molecule has 0 amide bonds. The fraction of sp³-hybridized carbons (Fsp3) is 0.750. The molecule has 0 aliphatic heterocycles. The van der Waals surface area contributed by atoms with Crippen molar-refractivity contribution in [2.24, 2.45) is 0 Å². The van der Waals surface area contributed by atoms with Crippen LogP contribution in [0, 0.1) is 0 Å². The summed E-state index contributed by atoms with van der Waals surface area (Å²) in [6.07, 6.45) is 3.52. The van der Waals surface area contributed by atoms with E-state index in [9.17, 15) is 0 Å². The van der Waals surface area contributed by atoms with Crippen molar-refractivity contribution in [1.29, 1.82) is 0 Å². The average molecular weight is 169 g/mol. The molecule has 0 saturated carbocycles. The molecule has 68 valence electrons. The fourth-order valence-electron chi connectivity index (χ4n) is 0.934. The first-order valence-electron chi connectivity index (χ1n) is 4.32. The quantitative estimate of drug-likeness (QED) is 0.735. The Labute approximate surface area is 72.2 Å². The van der Waals surface area contributed by atoms with Gasteiger partial charge in [0.25, 0.3) is 0 Å². The molecule has 1 N–H and O–H groups in total. The zero-order valence-electron chi connectivity index (χ0n) is 7.56. The Morgan fingerprint density at radius 3 is 2.92 bits per heavy atom. The van der Waals surface area contributed by atoms with Gasteiger partial charge in [-0.15, -0.1) is 5.10 Å². The van der Waals surface area contributed by atoms with Crippen molar-refractivity contribution in [3.05, 3.63) is 11.9 Å². The van der Waals surface area contributed by atoms with Gasteiger partial charge in [0.2, 0.25) is 0 Å². The maximum Gasteiger partial charge on any atom is 0.111 e. The molecule has 1 aromatic heterocycles. The van der Waals surface area contributed by atoms with E-state index in [0.717, 1.165) is 19.4 Å². The molecule has 0 aliphatic rings. The smallest absolute Gasteiger partial charge is 0.111 e. The summed E-state index contributed by atoms with van der Waals surface area (Å²) in [6, 6.07) is 0. The van der Waals surface area contributed by atoms with Gasteiger partial charge in [-0.25, -0.2) is 0 Å². The van der Waals surface area contributed by atoms with Crippen molar-refractivity contribution in [2.75, 3.05) is 0 Å². The molecular formula is C8H15N3O. The van der Waals surface area contributed by atoms with E-state index < -0.39 is 6.10 Å². The number of aliphatic hydroxyl groups excluding tert-OH is 1. The Hall–Kier alpha value is -0.900. The van der Waals surface area contributed by atoms with Crippen molar-refractivity contribution in [3.8, 4) is 0 Å². The minimum atomic E-state index is -0.514. The van der Waals surface area contributed by atoms with Gasteiger partial charge in [0.1, 0.15) is 5.69 Å². The molecule has 0 saturated heterocycles. The minimum absolute atomic E-state index is 0.514. The number of rotatable bonds is 4. The van der Waals surface area contributed by atoms with Gasteiger partial charge in [0.15, 0.2) is 0 Å². The van der Waals surface area contributed by atoms with E-state index in [1.807, 2.05) is 0 Å². The SMILES string of the molecule is CCCCn1cc(C(C)O)nn1. The van der Waals surface area contributed by atoms with E-state index in [4.69, 9.17) is 5.11 Å². The molecule has 0 bridgehead atoms. The molecule has 1 heterocycles. The molecule has 0 aliphatic carbocycles. The highest BCUT2D eigenvalue weighted by molar-refractivity contribution is 4.95. The summed E-state index contributed by atoms with van der Waals surface area (Å²) in [5.74, 6) is 0. The van der Waals surface area contributed by atoms with E-state index in [2.05, 4.69) is 17.2 Å². The number of aliphatic hydroxyl groups is 1. The molecule has 4 heteroatoms. The second-order valence-electron chi connectivity index (χ2n) is 2.94. The van der Waals surface area contributed by atoms with E-state index >= 15 is 0 Å². The molecule has 0 spiro atoms. The Morgan fingerprint density at radius 2 is 2.42 bits per heavy atom. The minimum Gasteiger partial charge on any atom is -0.387 e. The van der Waals surface area contributed by atoms with E-state index in [-0.39, 0.29) is 0 Å². The fourth-order valence-corrected chi connectivity index (χ4v) is 0.934. The average Bonchev–Trinajstić information content (AvgIpc) is 2.48. The van der Waals surface area contributed by atoms with Gasteiger partial charge < -0.3 is 5.11 Å². The van der Waals surface area contributed by atoms with Crippen molar-refractivity contribution < 1.29 is 5.11 Å². The third-order valence-electron chi connectivity index (χ3n) is 1.73. The predicted molar refractivity (Wildman–Crippen MR) is 45.6 cm³/mol. The number of hydrogen-bond donors (Lipinski definition) is 1. The van der Waals surface area contributed by atoms with Crippen molar-refractivity contribution in [1.82, 2.24) is 15.0 Å². The van der Waals surface area contributed by atoms with Crippen LogP contribution in [0.5, 0.6) is 0 Å². The third kappa shape index (κ3) is 2.30. The molecule has 0 radical (unpaired) electrons. The number of nitrogens with zero attached hydrogens (tertiary/aromatic N) is 3. The summed E-state index contributed by atoms with van der Waals surface area (Å²) in [6.45, 7) is 4.71. The van der Waals surface area contributed by atoms with Gasteiger partial charge in [-0.3, -0.25) is 4.68 Å². The van der Waals surface area contributed by atoms with Gasteiger partial charge in [-0.2, -0.15) is 0 Å². The van der Waals surface area contributed by atoms with Crippen LogP contribution in [0.15, 0.2) is 6.20 Å². The second-order valence-corrected chi connectivity index (χ2v) is 2.94. The topological polar surface area (TPSA) is 50.9 Å². The molecule has 4 nitrogen and oxygen atoms in total. The van der Waals surface area contributed by atoms with Crippen molar-refractivity contribution in [2.45, 2.75) is 39.3 Å². The number of aromatic nitrogens is 3. The molecule has 0 aromatic carbocycles. The Balaban J connectivity index is 2.52. The third-order valence-corrected chi connectivity index (χ3v) is 1.73. The van der Waals surface area contributed by atoms with Crippen LogP contribution in [-0.2, 0) is 6.54 Å². The van der Waals surface area contributed by atoms with Crippen LogP contribution < -0.4 is 0 Å². The summed E-state index contributed by atoms with van der Waals surface area (Å²) >= 11 is 0. The number of hydrogen-bond acceptors (Lipinski definition) is 3. The lowest BCUT2D eigenvalue weighted by molar-refractivity contribution is 0.194. The first-order valence-corrected chi connectivity index (χ1v) is 4.32. The Kier molecular flexibility index (Phi) is 3.22. The van der Waals surface area contributed by atoms with Gasteiger partial charge >= 0.3 is 0 Å². The lowest BCUT2D eigenvalue weighted by Gasteiger charge is -1.96. The standard InChI is InChI=1S/C8H15N3O/c1-3-4-5-11-6-8(7(2)12)9-10-11/h6-7,12H,3-5H2,1-2H3. The van der Waals surface area contributed by atoms with Gasteiger partial charge in [0.05, 0.1) is 12.3 Å². The number of aryl methyl sites for hydroxylation is 1. The Morgan fingerprint density at radius 1 is 1.67 bits per heavy atom. The van der Waals surface area contributed by atoms with E-state index in [1.54, 1.807) is 17.8 Å². The molecule has 12 heavy (non-hydrogen) atoms. The van der Waals surface area contributed by atoms with Gasteiger partial charge in [-0.05, 0) is 13.3 Å². The highest BCUT2D eigenvalue weighted by Gasteiger charge is 2.04. The van der Waals surface area contributed by atoms with Crippen molar-refractivity contribution in [3.63, 3.8) is 0 Å². The molecule has 1 rings (SSSR count). The Bertz CT molecular complexity index is 232. The largest absolute Gasteiger partial charge is 0.387 e.